The molecule has 0 heterocycles. The molecule has 0 unspecified atom stereocenters. The van der Waals surface area contributed by atoms with Crippen LogP contribution in [0.5, 0.6) is 0 Å². The van der Waals surface area contributed by atoms with Crippen molar-refractivity contribution in [2.75, 3.05) is 6.61 Å². The maximum Gasteiger partial charge on any atom is 0.115 e. The highest BCUT2D eigenvalue weighted by molar-refractivity contribution is 5.43. The Morgan fingerprint density at radius 2 is 2.08 bits per heavy atom. The van der Waals surface area contributed by atoms with E-state index in [1.807, 2.05) is 0 Å². The third kappa shape index (κ3) is 2.76. The van der Waals surface area contributed by atoms with Gasteiger partial charge in [-0.15, -0.1) is 0 Å². The SMILES string of the molecule is C=C/C=C(C(=C)O)\C(=C/C)CO. The fourth-order valence-corrected chi connectivity index (χ4v) is 0.838. The zero-order valence-electron chi connectivity index (χ0n) is 7.25. The lowest BCUT2D eigenvalue weighted by atomic mass is 10.1. The quantitative estimate of drug-likeness (QED) is 0.496. The number of rotatable bonds is 4. The number of hydrogen-bond acceptors (Lipinski definition) is 2. The van der Waals surface area contributed by atoms with E-state index in [4.69, 9.17) is 10.2 Å². The number of aliphatic hydroxyl groups is 2. The number of aliphatic hydroxyl groups excluding tert-OH is 2. The highest BCUT2D eigenvalue weighted by Gasteiger charge is 2.04. The summed E-state index contributed by atoms with van der Waals surface area (Å²) in [6, 6.07) is 0. The van der Waals surface area contributed by atoms with Crippen LogP contribution in [0.3, 0.4) is 0 Å². The van der Waals surface area contributed by atoms with Gasteiger partial charge >= 0.3 is 0 Å². The van der Waals surface area contributed by atoms with Gasteiger partial charge < -0.3 is 10.2 Å². The normalized spacial score (nSPS) is 12.8. The zero-order valence-corrected chi connectivity index (χ0v) is 7.25. The topological polar surface area (TPSA) is 40.5 Å². The lowest BCUT2D eigenvalue weighted by Gasteiger charge is -2.06. The van der Waals surface area contributed by atoms with Crippen LogP contribution in [0.2, 0.25) is 0 Å². The van der Waals surface area contributed by atoms with Gasteiger partial charge in [-0.1, -0.05) is 31.4 Å². The molecule has 0 atom stereocenters. The standard InChI is InChI=1S/C10H14O2/c1-4-6-10(8(3)12)9(5-2)7-11/h4-6,11-12H,1,3,7H2,2H3/b9-5-,10-6-. The third-order valence-corrected chi connectivity index (χ3v) is 1.46. The third-order valence-electron chi connectivity index (χ3n) is 1.46. The molecule has 2 heteroatoms. The maximum atomic E-state index is 9.11. The molecule has 0 fully saturated rings. The van der Waals surface area contributed by atoms with Crippen molar-refractivity contribution in [2.45, 2.75) is 6.92 Å². The zero-order chi connectivity index (χ0) is 9.56. The Bertz CT molecular complexity index is 234. The minimum Gasteiger partial charge on any atom is -0.508 e. The fraction of sp³-hybridized carbons (Fsp3) is 0.200. The summed E-state index contributed by atoms with van der Waals surface area (Å²) in [6.07, 6.45) is 4.86. The average molecular weight is 166 g/mol. The number of allylic oxidation sites excluding steroid dienone is 4. The molecule has 0 aliphatic heterocycles. The van der Waals surface area contributed by atoms with Gasteiger partial charge in [0.25, 0.3) is 0 Å². The largest absolute Gasteiger partial charge is 0.508 e. The number of hydrogen-bond donors (Lipinski definition) is 2. The van der Waals surface area contributed by atoms with Gasteiger partial charge in [-0.05, 0) is 12.5 Å². The van der Waals surface area contributed by atoms with Crippen molar-refractivity contribution in [3.05, 3.63) is 48.3 Å². The molecular formula is C10H14O2. The first-order valence-electron chi connectivity index (χ1n) is 3.64. The summed E-state index contributed by atoms with van der Waals surface area (Å²) in [5.74, 6) is -0.0583. The van der Waals surface area contributed by atoms with E-state index < -0.39 is 0 Å². The van der Waals surface area contributed by atoms with Crippen molar-refractivity contribution in [1.82, 2.24) is 0 Å². The van der Waals surface area contributed by atoms with Crippen molar-refractivity contribution in [3.63, 3.8) is 0 Å². The van der Waals surface area contributed by atoms with E-state index in [1.54, 1.807) is 19.1 Å². The summed E-state index contributed by atoms with van der Waals surface area (Å²) >= 11 is 0. The molecule has 0 amide bonds. The molecular weight excluding hydrogens is 152 g/mol. The molecule has 66 valence electrons. The molecule has 0 saturated heterocycles. The second-order valence-corrected chi connectivity index (χ2v) is 2.23. The molecule has 0 bridgehead atoms. The molecule has 0 saturated carbocycles. The van der Waals surface area contributed by atoms with Crippen LogP contribution in [-0.2, 0) is 0 Å². The first-order chi connectivity index (χ1) is 5.67. The van der Waals surface area contributed by atoms with Gasteiger partial charge in [0.15, 0.2) is 0 Å². The molecule has 0 aromatic carbocycles. The van der Waals surface area contributed by atoms with E-state index in [2.05, 4.69) is 13.2 Å². The van der Waals surface area contributed by atoms with E-state index in [9.17, 15) is 0 Å². The molecule has 0 aromatic rings. The Morgan fingerprint density at radius 3 is 2.33 bits per heavy atom. The summed E-state index contributed by atoms with van der Waals surface area (Å²) in [5.41, 5.74) is 1.16. The predicted octanol–water partition coefficient (Wildman–Crippen LogP) is 2.11. The second-order valence-electron chi connectivity index (χ2n) is 2.23. The Balaban J connectivity index is 4.86. The van der Waals surface area contributed by atoms with E-state index >= 15 is 0 Å². The second kappa shape index (κ2) is 5.38. The maximum absolute atomic E-state index is 9.11. The first kappa shape index (κ1) is 10.7. The monoisotopic (exact) mass is 166 g/mol. The Morgan fingerprint density at radius 1 is 1.50 bits per heavy atom. The van der Waals surface area contributed by atoms with E-state index in [1.165, 1.54) is 6.08 Å². The molecule has 0 aromatic heterocycles. The highest BCUT2D eigenvalue weighted by Crippen LogP contribution is 2.15. The molecule has 2 nitrogen and oxygen atoms in total. The molecule has 0 aliphatic rings. The van der Waals surface area contributed by atoms with Gasteiger partial charge in [0.2, 0.25) is 0 Å². The molecule has 0 radical (unpaired) electrons. The van der Waals surface area contributed by atoms with Gasteiger partial charge in [-0.3, -0.25) is 0 Å². The van der Waals surface area contributed by atoms with Gasteiger partial charge in [-0.2, -0.15) is 0 Å². The van der Waals surface area contributed by atoms with E-state index in [0.717, 1.165) is 0 Å². The summed E-state index contributed by atoms with van der Waals surface area (Å²) in [5, 5.41) is 18.0. The fourth-order valence-electron chi connectivity index (χ4n) is 0.838. The van der Waals surface area contributed by atoms with Gasteiger partial charge in [0, 0.05) is 5.57 Å². The van der Waals surface area contributed by atoms with Crippen LogP contribution in [0, 0.1) is 0 Å². The van der Waals surface area contributed by atoms with Crippen LogP contribution in [0.4, 0.5) is 0 Å². The van der Waals surface area contributed by atoms with Crippen LogP contribution < -0.4 is 0 Å². The van der Waals surface area contributed by atoms with Gasteiger partial charge in [-0.25, -0.2) is 0 Å². The van der Waals surface area contributed by atoms with Gasteiger partial charge in [0.1, 0.15) is 5.76 Å². The Labute approximate surface area is 72.9 Å². The Hall–Kier alpha value is -1.28. The van der Waals surface area contributed by atoms with Crippen molar-refractivity contribution in [3.8, 4) is 0 Å². The van der Waals surface area contributed by atoms with Crippen molar-refractivity contribution < 1.29 is 10.2 Å². The summed E-state index contributed by atoms with van der Waals surface area (Å²) in [7, 11) is 0. The predicted molar refractivity (Wildman–Crippen MR) is 50.9 cm³/mol. The summed E-state index contributed by atoms with van der Waals surface area (Å²) < 4.78 is 0. The van der Waals surface area contributed by atoms with Gasteiger partial charge in [0.05, 0.1) is 6.61 Å². The van der Waals surface area contributed by atoms with E-state index in [0.29, 0.717) is 11.1 Å². The van der Waals surface area contributed by atoms with Crippen molar-refractivity contribution in [2.24, 2.45) is 0 Å². The molecule has 2 N–H and O–H groups in total. The molecule has 0 spiro atoms. The average Bonchev–Trinajstić information content (AvgIpc) is 2.05. The van der Waals surface area contributed by atoms with Crippen LogP contribution in [0.15, 0.2) is 48.3 Å². The van der Waals surface area contributed by atoms with Crippen LogP contribution in [0.1, 0.15) is 6.92 Å². The van der Waals surface area contributed by atoms with Crippen LogP contribution >= 0.6 is 0 Å². The minimum atomic E-state index is -0.115. The smallest absolute Gasteiger partial charge is 0.115 e. The summed E-state index contributed by atoms with van der Waals surface area (Å²) in [4.78, 5) is 0. The summed E-state index contributed by atoms with van der Waals surface area (Å²) in [6.45, 7) is 8.54. The van der Waals surface area contributed by atoms with Crippen LogP contribution in [-0.4, -0.2) is 16.8 Å². The van der Waals surface area contributed by atoms with E-state index in [-0.39, 0.29) is 12.4 Å². The van der Waals surface area contributed by atoms with Crippen molar-refractivity contribution >= 4 is 0 Å². The van der Waals surface area contributed by atoms with Crippen LogP contribution in [0.25, 0.3) is 0 Å². The Kier molecular flexibility index (Phi) is 4.81. The lowest BCUT2D eigenvalue weighted by Crippen LogP contribution is -1.97. The first-order valence-corrected chi connectivity index (χ1v) is 3.64. The lowest BCUT2D eigenvalue weighted by molar-refractivity contribution is 0.330. The molecule has 12 heavy (non-hydrogen) atoms. The highest BCUT2D eigenvalue weighted by atomic mass is 16.3. The molecule has 0 rings (SSSR count). The van der Waals surface area contributed by atoms with Crippen molar-refractivity contribution in [1.29, 1.82) is 0 Å². The molecule has 0 aliphatic carbocycles. The minimum absolute atomic E-state index is 0.0583.